The molecule has 9 heteroatoms. The molecule has 0 atom stereocenters. The summed E-state index contributed by atoms with van der Waals surface area (Å²) in [5.41, 5.74) is 0.621. The van der Waals surface area contributed by atoms with Crippen LogP contribution in [0, 0.1) is 0 Å². The van der Waals surface area contributed by atoms with Crippen LogP contribution in [0.3, 0.4) is 0 Å². The Morgan fingerprint density at radius 1 is 1.23 bits per heavy atom. The summed E-state index contributed by atoms with van der Waals surface area (Å²) in [5, 5.41) is 7.96. The molecular formula is C21H28N4O4S. The van der Waals surface area contributed by atoms with Gasteiger partial charge in [0.2, 0.25) is 11.8 Å². The second-order valence-electron chi connectivity index (χ2n) is 7.78. The van der Waals surface area contributed by atoms with Crippen LogP contribution >= 0.6 is 11.3 Å². The standard InChI is InChI=1S/C21H28N4O4S/c1-14(2)25(20(28)17-9-6-10-29-17)12-19(27)24-21-23-16(13-30-21)11-18(26)22-15-7-4-3-5-8-15/h6,9-10,13-15H,3-5,7-8,11-12H2,1-2H3,(H,22,26)(H,23,24,27). The van der Waals surface area contributed by atoms with Crippen molar-refractivity contribution in [1.82, 2.24) is 15.2 Å². The van der Waals surface area contributed by atoms with Crippen LogP contribution in [0.4, 0.5) is 5.13 Å². The molecule has 1 aliphatic rings. The molecule has 2 aromatic rings. The fourth-order valence-corrected chi connectivity index (χ4v) is 4.21. The van der Waals surface area contributed by atoms with E-state index in [0.717, 1.165) is 25.7 Å². The lowest BCUT2D eigenvalue weighted by molar-refractivity contribution is -0.121. The lowest BCUT2D eigenvalue weighted by Gasteiger charge is -2.24. The number of hydrogen-bond acceptors (Lipinski definition) is 6. The number of anilines is 1. The number of nitrogens with zero attached hydrogens (tertiary/aromatic N) is 2. The van der Waals surface area contributed by atoms with E-state index < -0.39 is 0 Å². The molecular weight excluding hydrogens is 404 g/mol. The van der Waals surface area contributed by atoms with E-state index in [4.69, 9.17) is 4.42 Å². The van der Waals surface area contributed by atoms with Crippen molar-refractivity contribution in [1.29, 1.82) is 0 Å². The van der Waals surface area contributed by atoms with Gasteiger partial charge in [-0.1, -0.05) is 19.3 Å². The Morgan fingerprint density at radius 2 is 2.00 bits per heavy atom. The number of aromatic nitrogens is 1. The van der Waals surface area contributed by atoms with Crippen molar-refractivity contribution in [3.8, 4) is 0 Å². The molecule has 30 heavy (non-hydrogen) atoms. The molecule has 8 nitrogen and oxygen atoms in total. The van der Waals surface area contributed by atoms with Gasteiger partial charge in [-0.2, -0.15) is 0 Å². The Bertz CT molecular complexity index is 856. The highest BCUT2D eigenvalue weighted by Gasteiger charge is 2.24. The lowest BCUT2D eigenvalue weighted by Crippen LogP contribution is -2.42. The highest BCUT2D eigenvalue weighted by atomic mass is 32.1. The van der Waals surface area contributed by atoms with E-state index in [1.54, 1.807) is 17.5 Å². The third kappa shape index (κ3) is 6.16. The van der Waals surface area contributed by atoms with Gasteiger partial charge in [0.25, 0.3) is 5.91 Å². The molecule has 0 spiro atoms. The average molecular weight is 433 g/mol. The minimum Gasteiger partial charge on any atom is -0.459 e. The molecule has 0 unspecified atom stereocenters. The highest BCUT2D eigenvalue weighted by Crippen LogP contribution is 2.19. The zero-order valence-electron chi connectivity index (χ0n) is 17.3. The monoisotopic (exact) mass is 432 g/mol. The van der Waals surface area contributed by atoms with Gasteiger partial charge in [-0.15, -0.1) is 11.3 Å². The third-order valence-electron chi connectivity index (χ3n) is 5.04. The number of hydrogen-bond donors (Lipinski definition) is 2. The van der Waals surface area contributed by atoms with E-state index in [1.807, 2.05) is 13.8 Å². The lowest BCUT2D eigenvalue weighted by atomic mass is 9.95. The van der Waals surface area contributed by atoms with Crippen LogP contribution in [0.25, 0.3) is 0 Å². The van der Waals surface area contributed by atoms with Crippen molar-refractivity contribution in [2.24, 2.45) is 0 Å². The summed E-state index contributed by atoms with van der Waals surface area (Å²) >= 11 is 1.26. The fraction of sp³-hybridized carbons (Fsp3) is 0.524. The van der Waals surface area contributed by atoms with Crippen molar-refractivity contribution in [3.05, 3.63) is 35.2 Å². The van der Waals surface area contributed by atoms with Gasteiger partial charge in [-0.05, 0) is 38.8 Å². The number of thiazole rings is 1. The molecule has 3 amide bonds. The molecule has 1 fully saturated rings. The van der Waals surface area contributed by atoms with E-state index in [2.05, 4.69) is 15.6 Å². The molecule has 162 valence electrons. The summed E-state index contributed by atoms with van der Waals surface area (Å²) in [7, 11) is 0. The number of amides is 3. The van der Waals surface area contributed by atoms with Gasteiger partial charge in [0.1, 0.15) is 6.54 Å². The maximum absolute atomic E-state index is 12.5. The van der Waals surface area contributed by atoms with Gasteiger partial charge < -0.3 is 20.0 Å². The molecule has 0 bridgehead atoms. The minimum absolute atomic E-state index is 0.0416. The molecule has 1 saturated carbocycles. The molecule has 2 N–H and O–H groups in total. The summed E-state index contributed by atoms with van der Waals surface area (Å²) < 4.78 is 5.15. The third-order valence-corrected chi connectivity index (χ3v) is 5.85. The second kappa shape index (κ2) is 10.4. The Kier molecular flexibility index (Phi) is 7.62. The van der Waals surface area contributed by atoms with E-state index in [9.17, 15) is 14.4 Å². The van der Waals surface area contributed by atoms with Gasteiger partial charge in [0, 0.05) is 17.5 Å². The maximum Gasteiger partial charge on any atom is 0.290 e. The number of carbonyl (C=O) groups is 3. The van der Waals surface area contributed by atoms with Crippen LogP contribution in [0.5, 0.6) is 0 Å². The van der Waals surface area contributed by atoms with Crippen LogP contribution in [0.15, 0.2) is 28.2 Å². The summed E-state index contributed by atoms with van der Waals surface area (Å²) in [5.74, 6) is -0.544. The molecule has 3 rings (SSSR count). The van der Waals surface area contributed by atoms with Gasteiger partial charge in [0.05, 0.1) is 18.4 Å². The first-order chi connectivity index (χ1) is 14.4. The molecule has 2 aromatic heterocycles. The van der Waals surface area contributed by atoms with Crippen molar-refractivity contribution in [2.45, 2.75) is 64.5 Å². The van der Waals surface area contributed by atoms with Gasteiger partial charge in [0.15, 0.2) is 10.9 Å². The van der Waals surface area contributed by atoms with Crippen LogP contribution in [-0.2, 0) is 16.0 Å². The number of nitrogens with one attached hydrogen (secondary N) is 2. The van der Waals surface area contributed by atoms with E-state index in [-0.39, 0.29) is 48.5 Å². The van der Waals surface area contributed by atoms with Crippen LogP contribution in [0.2, 0.25) is 0 Å². The van der Waals surface area contributed by atoms with Crippen molar-refractivity contribution in [2.75, 3.05) is 11.9 Å². The van der Waals surface area contributed by atoms with E-state index in [1.165, 1.54) is 28.9 Å². The predicted molar refractivity (Wildman–Crippen MR) is 114 cm³/mol. The second-order valence-corrected chi connectivity index (χ2v) is 8.63. The average Bonchev–Trinajstić information content (AvgIpc) is 3.38. The Labute approximate surface area is 180 Å². The van der Waals surface area contributed by atoms with Crippen molar-refractivity contribution in [3.63, 3.8) is 0 Å². The van der Waals surface area contributed by atoms with Crippen LogP contribution in [0.1, 0.15) is 62.2 Å². The topological polar surface area (TPSA) is 105 Å². The minimum atomic E-state index is -0.351. The molecule has 0 saturated heterocycles. The van der Waals surface area contributed by atoms with Crippen LogP contribution in [-0.4, -0.2) is 46.2 Å². The Hall–Kier alpha value is -2.68. The van der Waals surface area contributed by atoms with Crippen molar-refractivity contribution < 1.29 is 18.8 Å². The maximum atomic E-state index is 12.5. The molecule has 1 aliphatic carbocycles. The number of furan rings is 1. The van der Waals surface area contributed by atoms with Gasteiger partial charge in [-0.3, -0.25) is 14.4 Å². The van der Waals surface area contributed by atoms with E-state index in [0.29, 0.717) is 10.8 Å². The molecule has 0 aliphatic heterocycles. The number of carbonyl (C=O) groups excluding carboxylic acids is 3. The zero-order valence-corrected chi connectivity index (χ0v) is 18.2. The summed E-state index contributed by atoms with van der Waals surface area (Å²) in [6.45, 7) is 3.55. The summed E-state index contributed by atoms with van der Waals surface area (Å²) in [6.07, 6.45) is 7.25. The first-order valence-corrected chi connectivity index (χ1v) is 11.2. The summed E-state index contributed by atoms with van der Waals surface area (Å²) in [6, 6.07) is 3.29. The smallest absolute Gasteiger partial charge is 0.290 e. The Morgan fingerprint density at radius 3 is 2.67 bits per heavy atom. The van der Waals surface area contributed by atoms with Gasteiger partial charge >= 0.3 is 0 Å². The van der Waals surface area contributed by atoms with E-state index >= 15 is 0 Å². The molecule has 0 radical (unpaired) electrons. The SMILES string of the molecule is CC(C)N(CC(=O)Nc1nc(CC(=O)NC2CCCCC2)cs1)C(=O)c1ccco1. The largest absolute Gasteiger partial charge is 0.459 e. The highest BCUT2D eigenvalue weighted by molar-refractivity contribution is 7.13. The number of rotatable bonds is 8. The Balaban J connectivity index is 1.51. The van der Waals surface area contributed by atoms with Gasteiger partial charge in [-0.25, -0.2) is 4.98 Å². The van der Waals surface area contributed by atoms with Crippen LogP contribution < -0.4 is 10.6 Å². The summed E-state index contributed by atoms with van der Waals surface area (Å²) in [4.78, 5) is 43.0. The molecule has 2 heterocycles. The fourth-order valence-electron chi connectivity index (χ4n) is 3.48. The first kappa shape index (κ1) is 22.0. The quantitative estimate of drug-likeness (QED) is 0.666. The predicted octanol–water partition coefficient (Wildman–Crippen LogP) is 3.22. The first-order valence-electron chi connectivity index (χ1n) is 10.3. The molecule has 0 aromatic carbocycles. The van der Waals surface area contributed by atoms with Crippen molar-refractivity contribution >= 4 is 34.2 Å². The zero-order chi connectivity index (χ0) is 21.5. The normalized spacial score (nSPS) is 14.5.